The molecular formula is C16H8F6N4O2. The molecule has 0 spiro atoms. The quantitative estimate of drug-likeness (QED) is 0.669. The van der Waals surface area contributed by atoms with Crippen LogP contribution in [0.15, 0.2) is 42.7 Å². The predicted molar refractivity (Wildman–Crippen MR) is 81.6 cm³/mol. The third kappa shape index (κ3) is 3.66. The highest BCUT2D eigenvalue weighted by Crippen LogP contribution is 2.34. The molecule has 3 rings (SSSR count). The number of nitrogens with zero attached hydrogens (tertiary/aromatic N) is 4. The van der Waals surface area contributed by atoms with E-state index in [0.717, 1.165) is 30.5 Å². The van der Waals surface area contributed by atoms with E-state index < -0.39 is 41.0 Å². The van der Waals surface area contributed by atoms with Crippen molar-refractivity contribution in [2.24, 2.45) is 0 Å². The van der Waals surface area contributed by atoms with E-state index in [-0.39, 0.29) is 16.1 Å². The van der Waals surface area contributed by atoms with Crippen molar-refractivity contribution in [3.63, 3.8) is 0 Å². The van der Waals surface area contributed by atoms with Gasteiger partial charge in [-0.15, -0.1) is 0 Å². The van der Waals surface area contributed by atoms with Gasteiger partial charge in [-0.2, -0.15) is 31.4 Å². The molecule has 3 aromatic rings. The molecule has 0 fully saturated rings. The first-order valence-corrected chi connectivity index (χ1v) is 7.38. The van der Waals surface area contributed by atoms with E-state index in [2.05, 4.69) is 15.1 Å². The summed E-state index contributed by atoms with van der Waals surface area (Å²) in [4.78, 5) is 18.6. The first-order chi connectivity index (χ1) is 13.0. The first kappa shape index (κ1) is 19.3. The molecule has 0 atom stereocenters. The Kier molecular flexibility index (Phi) is 4.57. The standard InChI is InChI=1S/C16H8F6N4O2/c17-15(18,19)9-3-1-2-8(6-9)13-23-5-4-11(25-13)26-12(16(20,21)22)10(7-24-26)14(27)28/h1-7H,(H,27,28). The molecule has 0 amide bonds. The predicted octanol–water partition coefficient (Wildman–Crippen LogP) is 4.07. The van der Waals surface area contributed by atoms with Gasteiger partial charge in [0.15, 0.2) is 17.3 Å². The number of halogens is 6. The van der Waals surface area contributed by atoms with Crippen LogP contribution in [0, 0.1) is 0 Å². The minimum absolute atomic E-state index is 0.0872. The molecule has 0 unspecified atom stereocenters. The maximum absolute atomic E-state index is 13.3. The summed E-state index contributed by atoms with van der Waals surface area (Å²) in [6.07, 6.45) is -8.15. The average Bonchev–Trinajstić information content (AvgIpc) is 3.07. The Morgan fingerprint density at radius 3 is 2.36 bits per heavy atom. The fraction of sp³-hybridized carbons (Fsp3) is 0.125. The highest BCUT2D eigenvalue weighted by molar-refractivity contribution is 5.89. The van der Waals surface area contributed by atoms with E-state index in [4.69, 9.17) is 5.11 Å². The fourth-order valence-electron chi connectivity index (χ4n) is 2.39. The van der Waals surface area contributed by atoms with Gasteiger partial charge >= 0.3 is 18.3 Å². The van der Waals surface area contributed by atoms with Gasteiger partial charge in [-0.05, 0) is 12.1 Å². The smallest absolute Gasteiger partial charge is 0.434 e. The van der Waals surface area contributed by atoms with Gasteiger partial charge in [0.05, 0.1) is 11.8 Å². The molecule has 2 aromatic heterocycles. The number of rotatable bonds is 3. The van der Waals surface area contributed by atoms with Crippen molar-refractivity contribution in [1.82, 2.24) is 19.7 Å². The Labute approximate surface area is 152 Å². The first-order valence-electron chi connectivity index (χ1n) is 7.38. The van der Waals surface area contributed by atoms with Crippen molar-refractivity contribution in [2.75, 3.05) is 0 Å². The molecule has 12 heteroatoms. The van der Waals surface area contributed by atoms with Crippen LogP contribution in [0.3, 0.4) is 0 Å². The van der Waals surface area contributed by atoms with Crippen LogP contribution >= 0.6 is 0 Å². The number of benzene rings is 1. The molecule has 1 aromatic carbocycles. The zero-order valence-electron chi connectivity index (χ0n) is 13.5. The number of carboxylic acids is 1. The fourth-order valence-corrected chi connectivity index (χ4v) is 2.39. The normalized spacial score (nSPS) is 12.2. The van der Waals surface area contributed by atoms with E-state index >= 15 is 0 Å². The number of aromatic nitrogens is 4. The van der Waals surface area contributed by atoms with Crippen molar-refractivity contribution >= 4 is 5.97 Å². The Bertz CT molecular complexity index is 1040. The Balaban J connectivity index is 2.13. The lowest BCUT2D eigenvalue weighted by Crippen LogP contribution is -2.18. The summed E-state index contributed by atoms with van der Waals surface area (Å²) < 4.78 is 78.7. The molecule has 0 aliphatic rings. The van der Waals surface area contributed by atoms with Gasteiger partial charge in [0.2, 0.25) is 0 Å². The highest BCUT2D eigenvalue weighted by Gasteiger charge is 2.41. The minimum Gasteiger partial charge on any atom is -0.478 e. The minimum atomic E-state index is -5.06. The van der Waals surface area contributed by atoms with Gasteiger partial charge in [-0.1, -0.05) is 12.1 Å². The summed E-state index contributed by atoms with van der Waals surface area (Å²) in [5, 5.41) is 12.3. The number of carboxylic acid groups (broad SMARTS) is 1. The van der Waals surface area contributed by atoms with Gasteiger partial charge in [0, 0.05) is 17.8 Å². The third-order valence-corrected chi connectivity index (χ3v) is 3.57. The second kappa shape index (κ2) is 6.62. The van der Waals surface area contributed by atoms with Gasteiger partial charge < -0.3 is 5.11 Å². The van der Waals surface area contributed by atoms with E-state index in [1.165, 1.54) is 6.07 Å². The monoisotopic (exact) mass is 402 g/mol. The Morgan fingerprint density at radius 2 is 1.75 bits per heavy atom. The van der Waals surface area contributed by atoms with E-state index in [9.17, 15) is 31.1 Å². The van der Waals surface area contributed by atoms with Crippen LogP contribution in [-0.2, 0) is 12.4 Å². The van der Waals surface area contributed by atoms with Crippen molar-refractivity contribution in [2.45, 2.75) is 12.4 Å². The van der Waals surface area contributed by atoms with Crippen molar-refractivity contribution in [3.05, 3.63) is 59.5 Å². The van der Waals surface area contributed by atoms with Crippen LogP contribution in [0.25, 0.3) is 17.2 Å². The molecule has 0 saturated carbocycles. The number of hydrogen-bond acceptors (Lipinski definition) is 4. The Hall–Kier alpha value is -3.44. The molecule has 146 valence electrons. The van der Waals surface area contributed by atoms with Gasteiger partial charge in [0.25, 0.3) is 0 Å². The summed E-state index contributed by atoms with van der Waals surface area (Å²) in [7, 11) is 0. The number of carbonyl (C=O) groups is 1. The molecular weight excluding hydrogens is 394 g/mol. The summed E-state index contributed by atoms with van der Waals surface area (Å²) in [5.74, 6) is -2.59. The lowest BCUT2D eigenvalue weighted by Gasteiger charge is -2.12. The largest absolute Gasteiger partial charge is 0.478 e. The van der Waals surface area contributed by atoms with Gasteiger partial charge in [0.1, 0.15) is 5.56 Å². The summed E-state index contributed by atoms with van der Waals surface area (Å²) >= 11 is 0. The topological polar surface area (TPSA) is 80.9 Å². The number of alkyl halides is 6. The van der Waals surface area contributed by atoms with E-state index in [1.807, 2.05) is 0 Å². The number of hydrogen-bond donors (Lipinski definition) is 1. The lowest BCUT2D eigenvalue weighted by atomic mass is 10.1. The molecule has 1 N–H and O–H groups in total. The van der Waals surface area contributed by atoms with Crippen molar-refractivity contribution < 1.29 is 36.2 Å². The summed E-state index contributed by atoms with van der Waals surface area (Å²) in [5.41, 5.74) is -3.74. The molecule has 2 heterocycles. The van der Waals surface area contributed by atoms with Crippen molar-refractivity contribution in [3.8, 4) is 17.2 Å². The van der Waals surface area contributed by atoms with E-state index in [1.54, 1.807) is 0 Å². The second-order valence-corrected chi connectivity index (χ2v) is 5.44. The van der Waals surface area contributed by atoms with Crippen LogP contribution in [0.4, 0.5) is 26.3 Å². The summed E-state index contributed by atoms with van der Waals surface area (Å²) in [6.45, 7) is 0. The van der Waals surface area contributed by atoms with Crippen LogP contribution in [0.1, 0.15) is 21.6 Å². The average molecular weight is 402 g/mol. The lowest BCUT2D eigenvalue weighted by molar-refractivity contribution is -0.143. The molecule has 28 heavy (non-hydrogen) atoms. The molecule has 6 nitrogen and oxygen atoms in total. The van der Waals surface area contributed by atoms with Crippen LogP contribution in [0.2, 0.25) is 0 Å². The highest BCUT2D eigenvalue weighted by atomic mass is 19.4. The van der Waals surface area contributed by atoms with Crippen LogP contribution in [0.5, 0.6) is 0 Å². The molecule has 0 aliphatic carbocycles. The molecule has 0 aliphatic heterocycles. The molecule has 0 saturated heterocycles. The maximum atomic E-state index is 13.3. The molecule has 0 bridgehead atoms. The van der Waals surface area contributed by atoms with E-state index in [0.29, 0.717) is 6.20 Å². The summed E-state index contributed by atoms with van der Waals surface area (Å²) in [6, 6.07) is 4.94. The Morgan fingerprint density at radius 1 is 1.04 bits per heavy atom. The van der Waals surface area contributed by atoms with Crippen molar-refractivity contribution in [1.29, 1.82) is 0 Å². The maximum Gasteiger partial charge on any atom is 0.434 e. The third-order valence-electron chi connectivity index (χ3n) is 3.57. The van der Waals surface area contributed by atoms with Crippen LogP contribution in [-0.4, -0.2) is 30.8 Å². The SMILES string of the molecule is O=C(O)c1cnn(-c2ccnc(-c3cccc(C(F)(F)F)c3)n2)c1C(F)(F)F. The zero-order chi connectivity index (χ0) is 20.7. The molecule has 0 radical (unpaired) electrons. The van der Waals surface area contributed by atoms with Gasteiger partial charge in [-0.3, -0.25) is 0 Å². The zero-order valence-corrected chi connectivity index (χ0v) is 13.5. The van der Waals surface area contributed by atoms with Crippen LogP contribution < -0.4 is 0 Å². The van der Waals surface area contributed by atoms with Gasteiger partial charge in [-0.25, -0.2) is 19.4 Å². The number of aromatic carboxylic acids is 1. The second-order valence-electron chi connectivity index (χ2n) is 5.44.